The van der Waals surface area contributed by atoms with Crippen LogP contribution in [0.4, 0.5) is 0 Å². The van der Waals surface area contributed by atoms with Crippen molar-refractivity contribution in [3.8, 4) is 0 Å². The van der Waals surface area contributed by atoms with E-state index in [1.165, 1.54) is 6.92 Å². The first-order valence-corrected chi connectivity index (χ1v) is 9.84. The monoisotopic (exact) mass is 422 g/mol. The first-order valence-electron chi connectivity index (χ1n) is 9.84. The van der Waals surface area contributed by atoms with Gasteiger partial charge in [0.1, 0.15) is 24.6 Å². The SMILES string of the molecule is C=C(CO)C(=O)O[C@H]1C[C@@H](C)C(=O)CC[C@@]2(C)O[C@H]2[C@H]2OC(=O)C(COC(C)=O)=C12. The summed E-state index contributed by atoms with van der Waals surface area (Å²) in [5.74, 6) is -2.61. The van der Waals surface area contributed by atoms with E-state index in [1.54, 1.807) is 6.92 Å². The van der Waals surface area contributed by atoms with E-state index in [9.17, 15) is 24.3 Å². The molecule has 1 saturated carbocycles. The Morgan fingerprint density at radius 3 is 2.67 bits per heavy atom. The van der Waals surface area contributed by atoms with Crippen molar-refractivity contribution in [3.63, 3.8) is 0 Å². The van der Waals surface area contributed by atoms with Crippen molar-refractivity contribution in [2.45, 2.75) is 63.9 Å². The molecule has 0 aromatic heterocycles. The van der Waals surface area contributed by atoms with E-state index in [0.717, 1.165) is 0 Å². The van der Waals surface area contributed by atoms with Crippen LogP contribution in [-0.4, -0.2) is 65.9 Å². The number of ether oxygens (including phenoxy) is 4. The Morgan fingerprint density at radius 2 is 2.03 bits per heavy atom. The Labute approximate surface area is 174 Å². The number of epoxide rings is 1. The summed E-state index contributed by atoms with van der Waals surface area (Å²) in [5, 5.41) is 9.20. The van der Waals surface area contributed by atoms with Gasteiger partial charge in [-0.05, 0) is 19.8 Å². The number of rotatable bonds is 5. The fourth-order valence-electron chi connectivity index (χ4n) is 3.88. The number of esters is 3. The highest BCUT2D eigenvalue weighted by atomic mass is 16.6. The van der Waals surface area contributed by atoms with Gasteiger partial charge in [0, 0.05) is 24.8 Å². The van der Waals surface area contributed by atoms with Gasteiger partial charge in [0.25, 0.3) is 0 Å². The average molecular weight is 422 g/mol. The largest absolute Gasteiger partial charge is 0.461 e. The second kappa shape index (κ2) is 8.31. The molecule has 1 N–H and O–H groups in total. The van der Waals surface area contributed by atoms with Crippen molar-refractivity contribution in [3.05, 3.63) is 23.3 Å². The summed E-state index contributed by atoms with van der Waals surface area (Å²) < 4.78 is 21.9. The number of Topliss-reactive ketones (excluding diaryl/α,β-unsaturated/α-hetero) is 1. The highest BCUT2D eigenvalue weighted by Gasteiger charge is 2.62. The maximum absolute atomic E-state index is 12.6. The molecule has 9 nitrogen and oxygen atoms in total. The van der Waals surface area contributed by atoms with E-state index in [0.29, 0.717) is 12.0 Å². The van der Waals surface area contributed by atoms with E-state index < -0.39 is 54.3 Å². The van der Waals surface area contributed by atoms with Gasteiger partial charge in [-0.25, -0.2) is 9.59 Å². The number of carbonyl (C=O) groups is 4. The molecule has 2 aliphatic heterocycles. The maximum atomic E-state index is 12.6. The number of aliphatic hydroxyl groups is 1. The molecule has 1 saturated heterocycles. The minimum absolute atomic E-state index is 0.0154. The van der Waals surface area contributed by atoms with E-state index in [-0.39, 0.29) is 36.4 Å². The van der Waals surface area contributed by atoms with E-state index >= 15 is 0 Å². The molecule has 0 aromatic rings. The van der Waals surface area contributed by atoms with E-state index in [2.05, 4.69) is 6.58 Å². The van der Waals surface area contributed by atoms with Gasteiger partial charge in [-0.1, -0.05) is 13.5 Å². The third-order valence-corrected chi connectivity index (χ3v) is 5.83. The van der Waals surface area contributed by atoms with Gasteiger partial charge in [-0.3, -0.25) is 9.59 Å². The molecular weight excluding hydrogens is 396 g/mol. The van der Waals surface area contributed by atoms with Crippen molar-refractivity contribution in [2.24, 2.45) is 5.92 Å². The lowest BCUT2D eigenvalue weighted by Crippen LogP contribution is -2.36. The fraction of sp³-hybridized carbons (Fsp3) is 0.619. The number of fused-ring (bicyclic) bond motifs is 3. The molecule has 0 spiro atoms. The number of ketones is 1. The number of carbonyl (C=O) groups excluding carboxylic acids is 4. The lowest BCUT2D eigenvalue weighted by Gasteiger charge is -2.27. The van der Waals surface area contributed by atoms with Gasteiger partial charge in [-0.15, -0.1) is 0 Å². The Bertz CT molecular complexity index is 826. The van der Waals surface area contributed by atoms with Crippen LogP contribution in [-0.2, 0) is 38.1 Å². The third-order valence-electron chi connectivity index (χ3n) is 5.83. The van der Waals surface area contributed by atoms with Crippen LogP contribution in [0, 0.1) is 5.92 Å². The summed E-state index contributed by atoms with van der Waals surface area (Å²) in [7, 11) is 0. The van der Waals surface area contributed by atoms with Crippen molar-refractivity contribution in [2.75, 3.05) is 13.2 Å². The Balaban J connectivity index is 2.04. The minimum Gasteiger partial charge on any atom is -0.461 e. The lowest BCUT2D eigenvalue weighted by atomic mass is 9.83. The molecule has 30 heavy (non-hydrogen) atoms. The second-order valence-corrected chi connectivity index (χ2v) is 8.15. The molecule has 0 amide bonds. The molecule has 5 atom stereocenters. The van der Waals surface area contributed by atoms with Crippen LogP contribution in [0.5, 0.6) is 0 Å². The molecule has 0 unspecified atom stereocenters. The Kier molecular flexibility index (Phi) is 6.14. The standard InChI is InChI=1S/C21H26O9/c1-10-7-15(28-19(25)11(2)8-22)16-13(9-27-12(3)23)20(26)29-17(16)18-21(4,30-18)6-5-14(10)24/h10,15,17-18,22H,2,5-9H2,1,3-4H3/t10-,15+,17+,18+,21-/m1/s1. The minimum atomic E-state index is -1.01. The molecule has 3 aliphatic rings. The zero-order valence-corrected chi connectivity index (χ0v) is 17.3. The molecule has 2 heterocycles. The van der Waals surface area contributed by atoms with Crippen LogP contribution in [0.25, 0.3) is 0 Å². The normalized spacial score (nSPS) is 33.2. The summed E-state index contributed by atoms with van der Waals surface area (Å²) >= 11 is 0. The first-order chi connectivity index (χ1) is 14.1. The summed E-state index contributed by atoms with van der Waals surface area (Å²) in [6.45, 7) is 7.28. The van der Waals surface area contributed by atoms with Gasteiger partial charge >= 0.3 is 17.9 Å². The smallest absolute Gasteiger partial charge is 0.338 e. The molecule has 164 valence electrons. The van der Waals surface area contributed by atoms with Crippen LogP contribution in [0.1, 0.15) is 40.0 Å². The Morgan fingerprint density at radius 1 is 1.33 bits per heavy atom. The lowest BCUT2D eigenvalue weighted by molar-refractivity contribution is -0.145. The van der Waals surface area contributed by atoms with Gasteiger partial charge < -0.3 is 24.1 Å². The van der Waals surface area contributed by atoms with Crippen molar-refractivity contribution in [1.29, 1.82) is 0 Å². The van der Waals surface area contributed by atoms with Crippen LogP contribution in [0.2, 0.25) is 0 Å². The van der Waals surface area contributed by atoms with Crippen LogP contribution in [0.15, 0.2) is 23.3 Å². The average Bonchev–Trinajstić information content (AvgIpc) is 3.25. The van der Waals surface area contributed by atoms with Crippen LogP contribution >= 0.6 is 0 Å². The number of hydrogen-bond acceptors (Lipinski definition) is 9. The molecule has 1 aliphatic carbocycles. The number of hydrogen-bond donors (Lipinski definition) is 1. The van der Waals surface area contributed by atoms with Crippen molar-refractivity contribution >= 4 is 23.7 Å². The van der Waals surface area contributed by atoms with Crippen LogP contribution < -0.4 is 0 Å². The van der Waals surface area contributed by atoms with Crippen molar-refractivity contribution < 1.29 is 43.2 Å². The zero-order valence-electron chi connectivity index (χ0n) is 17.3. The number of aliphatic hydroxyl groups excluding tert-OH is 1. The topological polar surface area (TPSA) is 129 Å². The summed E-state index contributed by atoms with van der Waals surface area (Å²) in [6.07, 6.45) is -1.46. The molecule has 9 heteroatoms. The molecule has 0 bridgehead atoms. The summed E-state index contributed by atoms with van der Waals surface area (Å²) in [4.78, 5) is 48.8. The first kappa shape index (κ1) is 22.2. The predicted octanol–water partition coefficient (Wildman–Crippen LogP) is 0.778. The van der Waals surface area contributed by atoms with Crippen LogP contribution in [0.3, 0.4) is 0 Å². The zero-order chi connectivity index (χ0) is 22.2. The quantitative estimate of drug-likeness (QED) is 0.296. The van der Waals surface area contributed by atoms with Crippen molar-refractivity contribution in [1.82, 2.24) is 0 Å². The predicted molar refractivity (Wildman–Crippen MR) is 101 cm³/mol. The van der Waals surface area contributed by atoms with Gasteiger partial charge in [-0.2, -0.15) is 0 Å². The van der Waals surface area contributed by atoms with Gasteiger partial charge in [0.05, 0.1) is 23.4 Å². The molecule has 3 rings (SSSR count). The van der Waals surface area contributed by atoms with E-state index in [1.807, 2.05) is 6.92 Å². The third kappa shape index (κ3) is 4.32. The molecule has 0 aromatic carbocycles. The molecule has 0 radical (unpaired) electrons. The summed E-state index contributed by atoms with van der Waals surface area (Å²) in [5.41, 5.74) is -0.415. The summed E-state index contributed by atoms with van der Waals surface area (Å²) in [6, 6.07) is 0. The Hall–Kier alpha value is -2.52. The fourth-order valence-corrected chi connectivity index (χ4v) is 3.88. The maximum Gasteiger partial charge on any atom is 0.338 e. The van der Waals surface area contributed by atoms with Gasteiger partial charge in [0.15, 0.2) is 6.10 Å². The highest BCUT2D eigenvalue weighted by molar-refractivity contribution is 5.94. The highest BCUT2D eigenvalue weighted by Crippen LogP contribution is 2.49. The van der Waals surface area contributed by atoms with Gasteiger partial charge in [0.2, 0.25) is 0 Å². The molecule has 2 fully saturated rings. The second-order valence-electron chi connectivity index (χ2n) is 8.15. The van der Waals surface area contributed by atoms with E-state index in [4.69, 9.17) is 18.9 Å². The molecular formula is C21H26O9.